The van der Waals surface area contributed by atoms with Crippen LogP contribution in [0, 0.1) is 5.82 Å². The van der Waals surface area contributed by atoms with Gasteiger partial charge in [-0.3, -0.25) is 4.98 Å². The first-order valence-electron chi connectivity index (χ1n) is 5.14. The van der Waals surface area contributed by atoms with Gasteiger partial charge in [0.05, 0.1) is 0 Å². The van der Waals surface area contributed by atoms with E-state index in [1.165, 1.54) is 6.07 Å². The van der Waals surface area contributed by atoms with Crippen LogP contribution < -0.4 is 5.32 Å². The predicted octanol–water partition coefficient (Wildman–Crippen LogP) is 2.61. The van der Waals surface area contributed by atoms with Gasteiger partial charge in [-0.05, 0) is 42.4 Å². The first-order valence-corrected chi connectivity index (χ1v) is 5.14. The van der Waals surface area contributed by atoms with Crippen LogP contribution in [0.3, 0.4) is 0 Å². The van der Waals surface area contributed by atoms with Crippen LogP contribution in [0.4, 0.5) is 4.39 Å². The Bertz CT molecular complexity index is 469. The molecule has 0 saturated carbocycles. The molecule has 0 aliphatic rings. The summed E-state index contributed by atoms with van der Waals surface area (Å²) in [6.45, 7) is 0.532. The van der Waals surface area contributed by atoms with Crippen molar-refractivity contribution in [2.75, 3.05) is 7.05 Å². The number of rotatable bonds is 3. The van der Waals surface area contributed by atoms with Gasteiger partial charge in [0.15, 0.2) is 0 Å². The minimum atomic E-state index is -0.174. The van der Waals surface area contributed by atoms with E-state index >= 15 is 0 Å². The Morgan fingerprint density at radius 1 is 1.12 bits per heavy atom. The molecule has 16 heavy (non-hydrogen) atoms. The maximum atomic E-state index is 13.4. The molecule has 0 radical (unpaired) electrons. The summed E-state index contributed by atoms with van der Waals surface area (Å²) in [5.41, 5.74) is 2.73. The summed E-state index contributed by atoms with van der Waals surface area (Å²) >= 11 is 0. The number of hydrogen-bond acceptors (Lipinski definition) is 2. The van der Waals surface area contributed by atoms with Gasteiger partial charge < -0.3 is 5.32 Å². The van der Waals surface area contributed by atoms with E-state index < -0.39 is 0 Å². The van der Waals surface area contributed by atoms with Gasteiger partial charge in [0.25, 0.3) is 0 Å². The average molecular weight is 216 g/mol. The molecule has 2 rings (SSSR count). The zero-order valence-electron chi connectivity index (χ0n) is 9.07. The van der Waals surface area contributed by atoms with Crippen molar-refractivity contribution in [3.8, 4) is 11.1 Å². The Kier molecular flexibility index (Phi) is 3.27. The molecular formula is C13H13FN2. The second-order valence-electron chi connectivity index (χ2n) is 3.57. The fourth-order valence-electron chi connectivity index (χ4n) is 1.62. The SMILES string of the molecule is CNCc1cc(-c2ccncc2)ccc1F. The lowest BCUT2D eigenvalue weighted by Gasteiger charge is -2.06. The molecule has 0 fully saturated rings. The van der Waals surface area contributed by atoms with Gasteiger partial charge in [-0.1, -0.05) is 6.07 Å². The molecule has 1 aromatic carbocycles. The van der Waals surface area contributed by atoms with Gasteiger partial charge in [-0.25, -0.2) is 4.39 Å². The molecule has 0 atom stereocenters. The van der Waals surface area contributed by atoms with Crippen molar-refractivity contribution in [2.45, 2.75) is 6.54 Å². The summed E-state index contributed by atoms with van der Waals surface area (Å²) < 4.78 is 13.4. The zero-order valence-corrected chi connectivity index (χ0v) is 9.07. The highest BCUT2D eigenvalue weighted by Gasteiger charge is 2.04. The van der Waals surface area contributed by atoms with Crippen molar-refractivity contribution in [1.82, 2.24) is 10.3 Å². The van der Waals surface area contributed by atoms with Crippen molar-refractivity contribution in [3.05, 3.63) is 54.1 Å². The number of nitrogens with zero attached hydrogens (tertiary/aromatic N) is 1. The normalized spacial score (nSPS) is 10.4. The quantitative estimate of drug-likeness (QED) is 0.853. The van der Waals surface area contributed by atoms with E-state index in [0.717, 1.165) is 11.1 Å². The van der Waals surface area contributed by atoms with E-state index in [1.807, 2.05) is 18.2 Å². The molecule has 1 heterocycles. The van der Waals surface area contributed by atoms with Gasteiger partial charge >= 0.3 is 0 Å². The molecule has 1 aromatic heterocycles. The maximum Gasteiger partial charge on any atom is 0.127 e. The molecule has 2 nitrogen and oxygen atoms in total. The van der Waals surface area contributed by atoms with Crippen molar-refractivity contribution < 1.29 is 4.39 Å². The Hall–Kier alpha value is -1.74. The highest BCUT2D eigenvalue weighted by Crippen LogP contribution is 2.21. The summed E-state index contributed by atoms with van der Waals surface area (Å²) in [5, 5.41) is 2.95. The van der Waals surface area contributed by atoms with E-state index in [2.05, 4.69) is 10.3 Å². The monoisotopic (exact) mass is 216 g/mol. The standard InChI is InChI=1S/C13H13FN2/c1-15-9-12-8-11(2-3-13(12)14)10-4-6-16-7-5-10/h2-8,15H,9H2,1H3. The minimum Gasteiger partial charge on any atom is -0.316 e. The van der Waals surface area contributed by atoms with Gasteiger partial charge in [0.1, 0.15) is 5.82 Å². The third-order valence-electron chi connectivity index (χ3n) is 2.43. The summed E-state index contributed by atoms with van der Waals surface area (Å²) in [6, 6.07) is 8.97. The van der Waals surface area contributed by atoms with Gasteiger partial charge in [-0.15, -0.1) is 0 Å². The van der Waals surface area contributed by atoms with Crippen LogP contribution in [-0.2, 0) is 6.54 Å². The Morgan fingerprint density at radius 3 is 2.56 bits per heavy atom. The first-order chi connectivity index (χ1) is 7.81. The highest BCUT2D eigenvalue weighted by atomic mass is 19.1. The van der Waals surface area contributed by atoms with Crippen molar-refractivity contribution >= 4 is 0 Å². The van der Waals surface area contributed by atoms with Crippen molar-refractivity contribution in [1.29, 1.82) is 0 Å². The average Bonchev–Trinajstić information content (AvgIpc) is 2.33. The molecule has 0 saturated heterocycles. The number of pyridine rings is 1. The predicted molar refractivity (Wildman–Crippen MR) is 62.4 cm³/mol. The van der Waals surface area contributed by atoms with Crippen LogP contribution in [0.5, 0.6) is 0 Å². The topological polar surface area (TPSA) is 24.9 Å². The van der Waals surface area contributed by atoms with Crippen LogP contribution in [-0.4, -0.2) is 12.0 Å². The van der Waals surface area contributed by atoms with Crippen molar-refractivity contribution in [2.24, 2.45) is 0 Å². The molecule has 3 heteroatoms. The van der Waals surface area contributed by atoms with E-state index in [9.17, 15) is 4.39 Å². The van der Waals surface area contributed by atoms with Gasteiger partial charge in [0.2, 0.25) is 0 Å². The summed E-state index contributed by atoms with van der Waals surface area (Å²) in [6.07, 6.45) is 3.47. The Labute approximate surface area is 94.2 Å². The fraction of sp³-hybridized carbons (Fsp3) is 0.154. The van der Waals surface area contributed by atoms with E-state index in [0.29, 0.717) is 12.1 Å². The molecule has 2 aromatic rings. The molecule has 0 bridgehead atoms. The lowest BCUT2D eigenvalue weighted by molar-refractivity contribution is 0.601. The van der Waals surface area contributed by atoms with E-state index in [1.54, 1.807) is 25.5 Å². The van der Waals surface area contributed by atoms with Crippen LogP contribution in [0.2, 0.25) is 0 Å². The summed E-state index contributed by atoms with van der Waals surface area (Å²) in [5.74, 6) is -0.174. The lowest BCUT2D eigenvalue weighted by atomic mass is 10.0. The third-order valence-corrected chi connectivity index (χ3v) is 2.43. The highest BCUT2D eigenvalue weighted by molar-refractivity contribution is 5.63. The molecule has 0 aliphatic heterocycles. The molecular weight excluding hydrogens is 203 g/mol. The molecule has 1 N–H and O–H groups in total. The molecule has 0 spiro atoms. The smallest absolute Gasteiger partial charge is 0.127 e. The summed E-state index contributed by atoms with van der Waals surface area (Å²) in [4.78, 5) is 3.96. The first kappa shape index (κ1) is 10.8. The maximum absolute atomic E-state index is 13.4. The van der Waals surface area contributed by atoms with Gasteiger partial charge in [0, 0.05) is 24.5 Å². The molecule has 82 valence electrons. The number of benzene rings is 1. The van der Waals surface area contributed by atoms with E-state index in [4.69, 9.17) is 0 Å². The zero-order chi connectivity index (χ0) is 11.4. The van der Waals surface area contributed by atoms with Crippen molar-refractivity contribution in [3.63, 3.8) is 0 Å². The molecule has 0 aliphatic carbocycles. The van der Waals surface area contributed by atoms with Gasteiger partial charge in [-0.2, -0.15) is 0 Å². The number of aromatic nitrogens is 1. The Morgan fingerprint density at radius 2 is 1.88 bits per heavy atom. The summed E-state index contributed by atoms with van der Waals surface area (Å²) in [7, 11) is 1.80. The fourth-order valence-corrected chi connectivity index (χ4v) is 1.62. The van der Waals surface area contributed by atoms with Crippen LogP contribution in [0.25, 0.3) is 11.1 Å². The van der Waals surface area contributed by atoms with Crippen LogP contribution in [0.1, 0.15) is 5.56 Å². The van der Waals surface area contributed by atoms with Crippen LogP contribution >= 0.6 is 0 Å². The second-order valence-corrected chi connectivity index (χ2v) is 3.57. The Balaban J connectivity index is 2.40. The third kappa shape index (κ3) is 2.25. The second kappa shape index (κ2) is 4.86. The van der Waals surface area contributed by atoms with E-state index in [-0.39, 0.29) is 5.82 Å². The number of nitrogens with one attached hydrogen (secondary N) is 1. The lowest BCUT2D eigenvalue weighted by Crippen LogP contribution is -2.07. The minimum absolute atomic E-state index is 0.174. The number of halogens is 1. The molecule has 0 unspecified atom stereocenters. The largest absolute Gasteiger partial charge is 0.316 e. The van der Waals surface area contributed by atoms with Crippen LogP contribution in [0.15, 0.2) is 42.7 Å². The molecule has 0 amide bonds. The number of hydrogen-bond donors (Lipinski definition) is 1.